The number of halogens is 1. The van der Waals surface area contributed by atoms with E-state index < -0.39 is 5.91 Å². The first-order valence-corrected chi connectivity index (χ1v) is 9.07. The molecule has 3 rings (SSSR count). The van der Waals surface area contributed by atoms with Crippen LogP contribution < -0.4 is 10.2 Å². The van der Waals surface area contributed by atoms with Crippen LogP contribution in [0.5, 0.6) is 0 Å². The molecule has 0 unspecified atom stereocenters. The molecule has 0 bridgehead atoms. The van der Waals surface area contributed by atoms with Crippen molar-refractivity contribution in [1.82, 2.24) is 0 Å². The second kappa shape index (κ2) is 8.55. The fourth-order valence-electron chi connectivity index (χ4n) is 2.98. The highest BCUT2D eigenvalue weighted by atomic mass is 35.5. The lowest BCUT2D eigenvalue weighted by molar-refractivity contribution is -0.112. The third-order valence-corrected chi connectivity index (χ3v) is 4.64. The number of nitriles is 1. The maximum absolute atomic E-state index is 12.4. The van der Waals surface area contributed by atoms with Gasteiger partial charge in [0.2, 0.25) is 0 Å². The summed E-state index contributed by atoms with van der Waals surface area (Å²) in [5.74, 6) is -0.423. The number of benzene rings is 2. The second-order valence-electron chi connectivity index (χ2n) is 6.27. The zero-order valence-corrected chi connectivity index (χ0v) is 15.2. The smallest absolute Gasteiger partial charge is 0.266 e. The van der Waals surface area contributed by atoms with Crippen LogP contribution in [0.2, 0.25) is 5.02 Å². The molecule has 26 heavy (non-hydrogen) atoms. The predicted molar refractivity (Wildman–Crippen MR) is 106 cm³/mol. The van der Waals surface area contributed by atoms with Crippen molar-refractivity contribution in [2.24, 2.45) is 0 Å². The molecule has 1 fully saturated rings. The largest absolute Gasteiger partial charge is 0.372 e. The van der Waals surface area contributed by atoms with E-state index in [1.165, 1.54) is 24.9 Å². The molecule has 2 aromatic carbocycles. The van der Waals surface area contributed by atoms with Gasteiger partial charge in [-0.2, -0.15) is 5.26 Å². The topological polar surface area (TPSA) is 56.1 Å². The standard InChI is InChI=1S/C21H20ClN3O/c22-18-6-4-16(5-7-18)14-17(15-23)21(26)24-19-8-10-20(11-9-19)25-12-2-1-3-13-25/h4-11,14H,1-3,12-13H2,(H,24,26). The maximum Gasteiger partial charge on any atom is 0.266 e. The Labute approximate surface area is 158 Å². The van der Waals surface area contributed by atoms with Gasteiger partial charge < -0.3 is 10.2 Å². The monoisotopic (exact) mass is 365 g/mol. The van der Waals surface area contributed by atoms with Crippen LogP contribution in [0.4, 0.5) is 11.4 Å². The van der Waals surface area contributed by atoms with Crippen molar-refractivity contribution >= 4 is 35.0 Å². The Bertz CT molecular complexity index is 829. The normalized spacial score (nSPS) is 14.6. The van der Waals surface area contributed by atoms with E-state index in [2.05, 4.69) is 10.2 Å². The minimum absolute atomic E-state index is 0.0485. The quantitative estimate of drug-likeness (QED) is 0.620. The van der Waals surface area contributed by atoms with Crippen LogP contribution in [0, 0.1) is 11.3 Å². The average Bonchev–Trinajstić information content (AvgIpc) is 2.68. The van der Waals surface area contributed by atoms with Gasteiger partial charge in [0, 0.05) is 29.5 Å². The lowest BCUT2D eigenvalue weighted by Gasteiger charge is -2.28. The van der Waals surface area contributed by atoms with E-state index in [0.29, 0.717) is 10.7 Å². The van der Waals surface area contributed by atoms with Crippen LogP contribution in [0.15, 0.2) is 54.1 Å². The van der Waals surface area contributed by atoms with Gasteiger partial charge in [0.15, 0.2) is 0 Å². The molecule has 1 amide bonds. The molecule has 1 heterocycles. The second-order valence-corrected chi connectivity index (χ2v) is 6.71. The summed E-state index contributed by atoms with van der Waals surface area (Å²) in [5.41, 5.74) is 2.64. The van der Waals surface area contributed by atoms with Gasteiger partial charge in [0.1, 0.15) is 11.6 Å². The van der Waals surface area contributed by atoms with Gasteiger partial charge in [0.05, 0.1) is 0 Å². The van der Waals surface area contributed by atoms with E-state index in [1.807, 2.05) is 30.3 Å². The van der Waals surface area contributed by atoms with Crippen molar-refractivity contribution in [3.63, 3.8) is 0 Å². The zero-order valence-electron chi connectivity index (χ0n) is 14.4. The van der Waals surface area contributed by atoms with Gasteiger partial charge in [0.25, 0.3) is 5.91 Å². The van der Waals surface area contributed by atoms with Crippen LogP contribution >= 0.6 is 11.6 Å². The SMILES string of the molecule is N#CC(=Cc1ccc(Cl)cc1)C(=O)Nc1ccc(N2CCCCC2)cc1. The van der Waals surface area contributed by atoms with Crippen molar-refractivity contribution < 1.29 is 4.79 Å². The minimum atomic E-state index is -0.423. The first kappa shape index (κ1) is 18.0. The molecule has 0 aromatic heterocycles. The number of hydrogen-bond acceptors (Lipinski definition) is 3. The van der Waals surface area contributed by atoms with Crippen molar-refractivity contribution in [1.29, 1.82) is 5.26 Å². The lowest BCUT2D eigenvalue weighted by Crippen LogP contribution is -2.29. The fourth-order valence-corrected chi connectivity index (χ4v) is 3.11. The highest BCUT2D eigenvalue weighted by molar-refractivity contribution is 6.30. The molecule has 0 spiro atoms. The number of carbonyl (C=O) groups is 1. The van der Waals surface area contributed by atoms with Gasteiger partial charge in [-0.1, -0.05) is 23.7 Å². The van der Waals surface area contributed by atoms with E-state index in [-0.39, 0.29) is 5.57 Å². The molecule has 0 atom stereocenters. The maximum atomic E-state index is 12.4. The first-order valence-electron chi connectivity index (χ1n) is 8.69. The van der Waals surface area contributed by atoms with Crippen LogP contribution in [0.3, 0.4) is 0 Å². The average molecular weight is 366 g/mol. The predicted octanol–water partition coefficient (Wildman–Crippen LogP) is 4.88. The number of piperidine rings is 1. The lowest BCUT2D eigenvalue weighted by atomic mass is 10.1. The highest BCUT2D eigenvalue weighted by Gasteiger charge is 2.12. The molecule has 0 radical (unpaired) electrons. The highest BCUT2D eigenvalue weighted by Crippen LogP contribution is 2.22. The van der Waals surface area contributed by atoms with Crippen LogP contribution in [0.25, 0.3) is 6.08 Å². The molecule has 2 aromatic rings. The number of carbonyl (C=O) groups excluding carboxylic acids is 1. The molecular weight excluding hydrogens is 346 g/mol. The number of hydrogen-bond donors (Lipinski definition) is 1. The van der Waals surface area contributed by atoms with Crippen molar-refractivity contribution in [2.75, 3.05) is 23.3 Å². The third kappa shape index (κ3) is 4.65. The van der Waals surface area contributed by atoms with Crippen LogP contribution in [-0.4, -0.2) is 19.0 Å². The molecule has 1 N–H and O–H groups in total. The molecule has 1 aliphatic rings. The number of nitrogens with one attached hydrogen (secondary N) is 1. The Hall–Kier alpha value is -2.77. The summed E-state index contributed by atoms with van der Waals surface area (Å²) >= 11 is 5.85. The third-order valence-electron chi connectivity index (χ3n) is 4.39. The van der Waals surface area contributed by atoms with Crippen molar-refractivity contribution in [3.05, 3.63) is 64.7 Å². The van der Waals surface area contributed by atoms with Crippen LogP contribution in [0.1, 0.15) is 24.8 Å². The Morgan fingerprint density at radius 1 is 1.04 bits per heavy atom. The number of nitrogens with zero attached hydrogens (tertiary/aromatic N) is 2. The summed E-state index contributed by atoms with van der Waals surface area (Å²) in [6.45, 7) is 2.15. The summed E-state index contributed by atoms with van der Waals surface area (Å²) in [7, 11) is 0. The Balaban J connectivity index is 1.68. The van der Waals surface area contributed by atoms with Gasteiger partial charge in [-0.3, -0.25) is 4.79 Å². The Morgan fingerprint density at radius 2 is 1.69 bits per heavy atom. The molecular formula is C21H20ClN3O. The van der Waals surface area contributed by atoms with Crippen molar-refractivity contribution in [3.8, 4) is 6.07 Å². The van der Waals surface area contributed by atoms with Gasteiger partial charge in [-0.15, -0.1) is 0 Å². The molecule has 132 valence electrons. The number of amides is 1. The molecule has 1 saturated heterocycles. The van der Waals surface area contributed by atoms with Crippen LogP contribution in [-0.2, 0) is 4.79 Å². The molecule has 5 heteroatoms. The molecule has 0 aliphatic carbocycles. The minimum Gasteiger partial charge on any atom is -0.372 e. The Kier molecular flexibility index (Phi) is 5.93. The number of anilines is 2. The van der Waals surface area contributed by atoms with Gasteiger partial charge >= 0.3 is 0 Å². The summed E-state index contributed by atoms with van der Waals surface area (Å²) in [6.07, 6.45) is 5.29. The Morgan fingerprint density at radius 3 is 2.31 bits per heavy atom. The summed E-state index contributed by atoms with van der Waals surface area (Å²) in [5, 5.41) is 12.7. The fraction of sp³-hybridized carbons (Fsp3) is 0.238. The van der Waals surface area contributed by atoms with E-state index in [1.54, 1.807) is 30.3 Å². The van der Waals surface area contributed by atoms with E-state index in [0.717, 1.165) is 18.7 Å². The summed E-state index contributed by atoms with van der Waals surface area (Å²) in [6, 6.07) is 16.7. The van der Waals surface area contributed by atoms with Gasteiger partial charge in [-0.25, -0.2) is 0 Å². The van der Waals surface area contributed by atoms with E-state index >= 15 is 0 Å². The van der Waals surface area contributed by atoms with E-state index in [9.17, 15) is 10.1 Å². The van der Waals surface area contributed by atoms with E-state index in [4.69, 9.17) is 11.6 Å². The molecule has 1 aliphatic heterocycles. The number of rotatable bonds is 4. The molecule has 4 nitrogen and oxygen atoms in total. The van der Waals surface area contributed by atoms with Crippen molar-refractivity contribution in [2.45, 2.75) is 19.3 Å². The summed E-state index contributed by atoms with van der Waals surface area (Å²) in [4.78, 5) is 14.7. The first-order chi connectivity index (χ1) is 12.7. The van der Waals surface area contributed by atoms with Gasteiger partial charge in [-0.05, 0) is 67.3 Å². The molecule has 0 saturated carbocycles. The summed E-state index contributed by atoms with van der Waals surface area (Å²) < 4.78 is 0. The zero-order chi connectivity index (χ0) is 18.4.